The lowest BCUT2D eigenvalue weighted by molar-refractivity contribution is 0.102. The number of aryl methyl sites for hydroxylation is 1. The molecule has 0 unspecified atom stereocenters. The van der Waals surface area contributed by atoms with Crippen LogP contribution in [0.2, 0.25) is 5.15 Å². The zero-order valence-corrected chi connectivity index (χ0v) is 13.1. The molecule has 0 atom stereocenters. The molecule has 0 saturated carbocycles. The van der Waals surface area contributed by atoms with Gasteiger partial charge in [0.15, 0.2) is 0 Å². The lowest BCUT2D eigenvalue weighted by Gasteiger charge is -2.07. The number of anilines is 1. The SMILES string of the molecule is COc1cc(Cl)nc(NC(=O)c2ccc(C)c(Br)c2)n1. The van der Waals surface area contributed by atoms with Gasteiger partial charge in [-0.15, -0.1) is 0 Å². The number of carbonyl (C=O) groups excluding carboxylic acids is 1. The molecule has 1 aromatic carbocycles. The second-order valence-electron chi connectivity index (χ2n) is 3.97. The predicted octanol–water partition coefficient (Wildman–Crippen LogP) is 3.46. The van der Waals surface area contributed by atoms with Crippen LogP contribution in [0.15, 0.2) is 28.7 Å². The average molecular weight is 357 g/mol. The number of benzene rings is 1. The standard InChI is InChI=1S/C13H11BrClN3O2/c1-7-3-4-8(5-9(7)14)12(19)18-13-16-10(15)6-11(17-13)20-2/h3-6H,1-2H3,(H,16,17,18,19). The molecule has 0 saturated heterocycles. The molecule has 1 aromatic heterocycles. The van der Waals surface area contributed by atoms with Gasteiger partial charge in [-0.3, -0.25) is 10.1 Å². The third-order valence-electron chi connectivity index (χ3n) is 2.54. The Balaban J connectivity index is 2.23. The van der Waals surface area contributed by atoms with Gasteiger partial charge in [0.25, 0.3) is 5.91 Å². The fourth-order valence-electron chi connectivity index (χ4n) is 1.47. The molecule has 5 nitrogen and oxygen atoms in total. The van der Waals surface area contributed by atoms with Crippen molar-refractivity contribution in [1.29, 1.82) is 0 Å². The van der Waals surface area contributed by atoms with E-state index in [0.717, 1.165) is 10.0 Å². The van der Waals surface area contributed by atoms with Crippen molar-refractivity contribution in [2.75, 3.05) is 12.4 Å². The molecule has 0 radical (unpaired) electrons. The lowest BCUT2D eigenvalue weighted by atomic mass is 10.1. The minimum atomic E-state index is -0.324. The highest BCUT2D eigenvalue weighted by molar-refractivity contribution is 9.10. The smallest absolute Gasteiger partial charge is 0.258 e. The van der Waals surface area contributed by atoms with Gasteiger partial charge in [-0.05, 0) is 24.6 Å². The number of aromatic nitrogens is 2. The molecule has 0 bridgehead atoms. The molecule has 1 amide bonds. The molecule has 0 aliphatic rings. The number of ether oxygens (including phenoxy) is 1. The highest BCUT2D eigenvalue weighted by Crippen LogP contribution is 2.19. The van der Waals surface area contributed by atoms with Gasteiger partial charge in [0.05, 0.1) is 7.11 Å². The quantitative estimate of drug-likeness (QED) is 0.855. The molecule has 0 aliphatic carbocycles. The maximum atomic E-state index is 12.1. The average Bonchev–Trinajstić information content (AvgIpc) is 2.41. The second kappa shape index (κ2) is 6.19. The molecule has 1 heterocycles. The van der Waals surface area contributed by atoms with Crippen LogP contribution in [0.3, 0.4) is 0 Å². The van der Waals surface area contributed by atoms with E-state index in [0.29, 0.717) is 5.56 Å². The van der Waals surface area contributed by atoms with Gasteiger partial charge in [0.1, 0.15) is 5.15 Å². The van der Waals surface area contributed by atoms with E-state index < -0.39 is 0 Å². The first-order valence-electron chi connectivity index (χ1n) is 5.65. The Morgan fingerprint density at radius 1 is 1.35 bits per heavy atom. The number of methoxy groups -OCH3 is 1. The molecule has 0 spiro atoms. The van der Waals surface area contributed by atoms with Crippen molar-refractivity contribution in [2.24, 2.45) is 0 Å². The normalized spacial score (nSPS) is 10.2. The maximum absolute atomic E-state index is 12.1. The van der Waals surface area contributed by atoms with Crippen molar-refractivity contribution in [2.45, 2.75) is 6.92 Å². The summed E-state index contributed by atoms with van der Waals surface area (Å²) in [6.07, 6.45) is 0. The highest BCUT2D eigenvalue weighted by Gasteiger charge is 2.11. The molecular formula is C13H11BrClN3O2. The summed E-state index contributed by atoms with van der Waals surface area (Å²) in [5.41, 5.74) is 1.53. The van der Waals surface area contributed by atoms with E-state index in [4.69, 9.17) is 16.3 Å². The summed E-state index contributed by atoms with van der Waals surface area (Å²) in [6, 6.07) is 6.75. The van der Waals surface area contributed by atoms with Crippen LogP contribution in [0.5, 0.6) is 5.88 Å². The van der Waals surface area contributed by atoms with E-state index in [2.05, 4.69) is 31.2 Å². The third-order valence-corrected chi connectivity index (χ3v) is 3.59. The largest absolute Gasteiger partial charge is 0.481 e. The number of rotatable bonds is 3. The van der Waals surface area contributed by atoms with Crippen LogP contribution in [0.4, 0.5) is 5.95 Å². The third kappa shape index (κ3) is 3.46. The minimum absolute atomic E-state index is 0.0936. The van der Waals surface area contributed by atoms with E-state index in [1.54, 1.807) is 12.1 Å². The predicted molar refractivity (Wildman–Crippen MR) is 80.4 cm³/mol. The van der Waals surface area contributed by atoms with Crippen LogP contribution in [0.1, 0.15) is 15.9 Å². The van der Waals surface area contributed by atoms with E-state index in [-0.39, 0.29) is 22.9 Å². The molecule has 104 valence electrons. The first-order chi connectivity index (χ1) is 9.49. The molecule has 0 aliphatic heterocycles. The molecule has 0 fully saturated rings. The second-order valence-corrected chi connectivity index (χ2v) is 5.22. The van der Waals surface area contributed by atoms with Crippen LogP contribution < -0.4 is 10.1 Å². The number of halogens is 2. The van der Waals surface area contributed by atoms with E-state index in [9.17, 15) is 4.79 Å². The van der Waals surface area contributed by atoms with Gasteiger partial charge in [-0.2, -0.15) is 4.98 Å². The van der Waals surface area contributed by atoms with Crippen LogP contribution >= 0.6 is 27.5 Å². The van der Waals surface area contributed by atoms with Crippen molar-refractivity contribution in [3.05, 3.63) is 45.0 Å². The topological polar surface area (TPSA) is 64.1 Å². The number of hydrogen-bond donors (Lipinski definition) is 1. The zero-order chi connectivity index (χ0) is 14.7. The van der Waals surface area contributed by atoms with Crippen molar-refractivity contribution in [1.82, 2.24) is 9.97 Å². The number of carbonyl (C=O) groups is 1. The van der Waals surface area contributed by atoms with Crippen LogP contribution in [-0.4, -0.2) is 23.0 Å². The molecular weight excluding hydrogens is 346 g/mol. The monoisotopic (exact) mass is 355 g/mol. The number of hydrogen-bond acceptors (Lipinski definition) is 4. The van der Waals surface area contributed by atoms with Crippen molar-refractivity contribution in [3.63, 3.8) is 0 Å². The summed E-state index contributed by atoms with van der Waals surface area (Å²) in [7, 11) is 1.46. The summed E-state index contributed by atoms with van der Waals surface area (Å²) < 4.78 is 5.82. The van der Waals surface area contributed by atoms with Crippen LogP contribution in [0.25, 0.3) is 0 Å². The number of nitrogens with one attached hydrogen (secondary N) is 1. The van der Waals surface area contributed by atoms with Gasteiger partial charge in [0, 0.05) is 16.1 Å². The van der Waals surface area contributed by atoms with Crippen molar-refractivity contribution >= 4 is 39.4 Å². The fourth-order valence-corrected chi connectivity index (χ4v) is 2.02. The Morgan fingerprint density at radius 2 is 2.10 bits per heavy atom. The van der Waals surface area contributed by atoms with E-state index in [1.807, 2.05) is 13.0 Å². The Morgan fingerprint density at radius 3 is 2.75 bits per heavy atom. The minimum Gasteiger partial charge on any atom is -0.481 e. The lowest BCUT2D eigenvalue weighted by Crippen LogP contribution is -2.14. The molecule has 7 heteroatoms. The van der Waals surface area contributed by atoms with Gasteiger partial charge in [-0.1, -0.05) is 33.6 Å². The van der Waals surface area contributed by atoms with Crippen molar-refractivity contribution in [3.8, 4) is 5.88 Å². The van der Waals surface area contributed by atoms with E-state index in [1.165, 1.54) is 13.2 Å². The van der Waals surface area contributed by atoms with Gasteiger partial charge < -0.3 is 4.74 Å². The summed E-state index contributed by atoms with van der Waals surface area (Å²) in [6.45, 7) is 1.94. The summed E-state index contributed by atoms with van der Waals surface area (Å²) in [5.74, 6) is 0.0523. The first-order valence-corrected chi connectivity index (χ1v) is 6.83. The molecule has 20 heavy (non-hydrogen) atoms. The Hall–Kier alpha value is -1.66. The van der Waals surface area contributed by atoms with Crippen LogP contribution in [-0.2, 0) is 0 Å². The summed E-state index contributed by atoms with van der Waals surface area (Å²) in [5, 5.41) is 2.77. The maximum Gasteiger partial charge on any atom is 0.258 e. The van der Waals surface area contributed by atoms with E-state index >= 15 is 0 Å². The fraction of sp³-hybridized carbons (Fsp3) is 0.154. The number of nitrogens with zero attached hydrogens (tertiary/aromatic N) is 2. The molecule has 2 aromatic rings. The zero-order valence-electron chi connectivity index (χ0n) is 10.8. The first kappa shape index (κ1) is 14.7. The molecule has 2 rings (SSSR count). The number of amides is 1. The summed E-state index contributed by atoms with van der Waals surface area (Å²) in [4.78, 5) is 20.0. The van der Waals surface area contributed by atoms with Crippen LogP contribution in [0, 0.1) is 6.92 Å². The van der Waals surface area contributed by atoms with Gasteiger partial charge in [0.2, 0.25) is 11.8 Å². The van der Waals surface area contributed by atoms with Gasteiger partial charge in [-0.25, -0.2) is 4.98 Å². The summed E-state index contributed by atoms with van der Waals surface area (Å²) >= 11 is 9.20. The van der Waals surface area contributed by atoms with Gasteiger partial charge >= 0.3 is 0 Å². The van der Waals surface area contributed by atoms with Crippen molar-refractivity contribution < 1.29 is 9.53 Å². The Bertz CT molecular complexity index is 664. The Kier molecular flexibility index (Phi) is 4.57. The highest BCUT2D eigenvalue weighted by atomic mass is 79.9. The Labute approximate surface area is 129 Å². The molecule has 1 N–H and O–H groups in total.